The van der Waals surface area contributed by atoms with Crippen molar-refractivity contribution in [2.45, 2.75) is 0 Å². The molecular formula is H6Mg2O6S2. The van der Waals surface area contributed by atoms with Crippen LogP contribution in [0.15, 0.2) is 0 Å². The van der Waals surface area contributed by atoms with Crippen molar-refractivity contribution in [1.29, 1.82) is 0 Å². The van der Waals surface area contributed by atoms with Crippen LogP contribution in [0.3, 0.4) is 0 Å². The monoisotopic (exact) mass is 214 g/mol. The van der Waals surface area contributed by atoms with E-state index < -0.39 is 21.8 Å². The van der Waals surface area contributed by atoms with E-state index in [2.05, 4.69) is 3.63 Å². The SMILES string of the molecule is O=S(O)OS(=O)(=O)O.[MgH2].[MgH2]. The summed E-state index contributed by atoms with van der Waals surface area (Å²) in [5.74, 6) is 0. The topological polar surface area (TPSA) is 101 Å². The van der Waals surface area contributed by atoms with E-state index in [1.54, 1.807) is 0 Å². The van der Waals surface area contributed by atoms with Crippen LogP contribution in [0.1, 0.15) is 0 Å². The summed E-state index contributed by atoms with van der Waals surface area (Å²) in [5, 5.41) is 0. The zero-order valence-electron chi connectivity index (χ0n) is 3.34. The average molecular weight is 215 g/mol. The summed E-state index contributed by atoms with van der Waals surface area (Å²) < 4.78 is 46.4. The Labute approximate surface area is 92.5 Å². The van der Waals surface area contributed by atoms with E-state index in [4.69, 9.17) is 9.11 Å². The van der Waals surface area contributed by atoms with E-state index in [-0.39, 0.29) is 46.1 Å². The first-order valence-corrected chi connectivity index (χ1v) is 3.60. The van der Waals surface area contributed by atoms with E-state index in [1.165, 1.54) is 0 Å². The lowest BCUT2D eigenvalue weighted by Gasteiger charge is -1.86. The first-order chi connectivity index (χ1) is 3.42. The molecule has 10 heavy (non-hydrogen) atoms. The highest BCUT2D eigenvalue weighted by molar-refractivity contribution is 7.91. The maximum atomic E-state index is 9.42. The Hall–Kier alpha value is 1.51. The highest BCUT2D eigenvalue weighted by atomic mass is 32.3. The van der Waals surface area contributed by atoms with Gasteiger partial charge in [0.2, 0.25) is 0 Å². The lowest BCUT2D eigenvalue weighted by atomic mass is 15.8. The van der Waals surface area contributed by atoms with Gasteiger partial charge in [-0.15, -0.1) is 3.63 Å². The molecule has 0 saturated carbocycles. The fourth-order valence-electron chi connectivity index (χ4n) is 0.0736. The van der Waals surface area contributed by atoms with Crippen LogP contribution in [-0.2, 0) is 25.4 Å². The molecule has 0 aromatic heterocycles. The molecule has 1 unspecified atom stereocenters. The minimum atomic E-state index is -4.77. The predicted molar refractivity (Wildman–Crippen MR) is 40.5 cm³/mol. The summed E-state index contributed by atoms with van der Waals surface area (Å²) in [5.41, 5.74) is 0. The maximum absolute atomic E-state index is 9.42. The minimum Gasteiger partial charge on any atom is -0.283 e. The summed E-state index contributed by atoms with van der Waals surface area (Å²) in [6.45, 7) is 0. The molecule has 58 valence electrons. The van der Waals surface area contributed by atoms with E-state index >= 15 is 0 Å². The third kappa shape index (κ3) is 16.3. The molecular weight excluding hydrogens is 209 g/mol. The molecule has 0 heterocycles. The Balaban J connectivity index is -0.000000245. The van der Waals surface area contributed by atoms with Gasteiger partial charge in [-0.1, -0.05) is 0 Å². The van der Waals surface area contributed by atoms with Gasteiger partial charge < -0.3 is 0 Å². The molecule has 6 nitrogen and oxygen atoms in total. The Kier molecular flexibility index (Phi) is 12.6. The molecule has 10 heteroatoms. The molecule has 0 rings (SSSR count). The van der Waals surface area contributed by atoms with Crippen LogP contribution in [0, 0.1) is 0 Å². The molecule has 0 aliphatic heterocycles. The van der Waals surface area contributed by atoms with Gasteiger partial charge in [0, 0.05) is 0 Å². The molecule has 2 N–H and O–H groups in total. The smallest absolute Gasteiger partial charge is 0.283 e. The van der Waals surface area contributed by atoms with Crippen LogP contribution < -0.4 is 0 Å². The van der Waals surface area contributed by atoms with Crippen LogP contribution in [0.2, 0.25) is 0 Å². The molecule has 0 aliphatic rings. The third-order valence-electron chi connectivity index (χ3n) is 0.144. The average Bonchev–Trinajstić information content (AvgIpc) is 1.21. The van der Waals surface area contributed by atoms with Gasteiger partial charge in [0.15, 0.2) is 0 Å². The van der Waals surface area contributed by atoms with Crippen molar-refractivity contribution in [3.63, 3.8) is 0 Å². The third-order valence-corrected chi connectivity index (χ3v) is 1.30. The molecule has 0 bridgehead atoms. The fraction of sp³-hybridized carbons (Fsp3) is 0. The van der Waals surface area contributed by atoms with Crippen molar-refractivity contribution < 1.29 is 25.4 Å². The zero-order valence-corrected chi connectivity index (χ0v) is 4.98. The molecule has 0 aliphatic carbocycles. The summed E-state index contributed by atoms with van der Waals surface area (Å²) in [6.07, 6.45) is 0. The molecule has 0 spiro atoms. The van der Waals surface area contributed by atoms with Crippen LogP contribution in [0.4, 0.5) is 0 Å². The van der Waals surface area contributed by atoms with E-state index in [0.29, 0.717) is 0 Å². The summed E-state index contributed by atoms with van der Waals surface area (Å²) in [6, 6.07) is 0. The lowest BCUT2D eigenvalue weighted by Crippen LogP contribution is -2.04. The van der Waals surface area contributed by atoms with Crippen molar-refractivity contribution in [2.24, 2.45) is 0 Å². The lowest BCUT2D eigenvalue weighted by molar-refractivity contribution is 0.375. The van der Waals surface area contributed by atoms with Gasteiger partial charge in [-0.2, -0.15) is 12.6 Å². The van der Waals surface area contributed by atoms with Crippen molar-refractivity contribution in [1.82, 2.24) is 0 Å². The number of rotatable bonds is 2. The van der Waals surface area contributed by atoms with Crippen molar-refractivity contribution in [3.05, 3.63) is 0 Å². The number of hydrogen-bond donors (Lipinski definition) is 2. The highest BCUT2D eigenvalue weighted by Crippen LogP contribution is 1.86. The first kappa shape index (κ1) is 17.6. The first-order valence-electron chi connectivity index (χ1n) is 1.20. The van der Waals surface area contributed by atoms with Gasteiger partial charge in [-0.05, 0) is 0 Å². The fourth-order valence-corrected chi connectivity index (χ4v) is 0.662. The second-order valence-corrected chi connectivity index (χ2v) is 2.55. The van der Waals surface area contributed by atoms with Gasteiger partial charge in [-0.3, -0.25) is 9.11 Å². The molecule has 0 fully saturated rings. The second-order valence-electron chi connectivity index (χ2n) is 0.713. The molecule has 0 saturated heterocycles. The molecule has 0 aromatic rings. The number of hydrogen-bond acceptors (Lipinski definition) is 4. The van der Waals surface area contributed by atoms with Gasteiger partial charge >= 0.3 is 67.9 Å². The van der Waals surface area contributed by atoms with Crippen molar-refractivity contribution in [2.75, 3.05) is 0 Å². The highest BCUT2D eigenvalue weighted by Gasteiger charge is 2.07. The van der Waals surface area contributed by atoms with E-state index in [9.17, 15) is 12.6 Å². The van der Waals surface area contributed by atoms with Gasteiger partial charge in [0.1, 0.15) is 0 Å². The molecule has 1 atom stereocenters. The van der Waals surface area contributed by atoms with Crippen LogP contribution >= 0.6 is 0 Å². The largest absolute Gasteiger partial charge is 0.412 e. The second kappa shape index (κ2) is 7.18. The Morgan fingerprint density at radius 3 is 1.60 bits per heavy atom. The van der Waals surface area contributed by atoms with Crippen LogP contribution in [0.5, 0.6) is 0 Å². The van der Waals surface area contributed by atoms with Crippen LogP contribution in [0.25, 0.3) is 0 Å². The summed E-state index contributed by atoms with van der Waals surface area (Å²) >= 11 is -2.97. The Morgan fingerprint density at radius 2 is 1.60 bits per heavy atom. The summed E-state index contributed by atoms with van der Waals surface area (Å²) in [4.78, 5) is 0. The predicted octanol–water partition coefficient (Wildman–Crippen LogP) is -2.89. The molecule has 0 aromatic carbocycles. The Bertz CT molecular complexity index is 180. The standard InChI is InChI=1S/2Mg.H2O6S2.4H/c;;1-7(2)6-8(3,4)5;;;;/h;;(H,1,2)(H,3,4,5);;;;. The van der Waals surface area contributed by atoms with Gasteiger partial charge in [0.05, 0.1) is 0 Å². The van der Waals surface area contributed by atoms with E-state index in [1.807, 2.05) is 0 Å². The quantitative estimate of drug-likeness (QED) is 0.291. The normalized spacial score (nSPS) is 12.6. The summed E-state index contributed by atoms with van der Waals surface area (Å²) in [7, 11) is -4.77. The molecule has 0 radical (unpaired) electrons. The van der Waals surface area contributed by atoms with Crippen molar-refractivity contribution in [3.8, 4) is 0 Å². The maximum Gasteiger partial charge on any atom is 0.412 e. The van der Waals surface area contributed by atoms with Crippen molar-refractivity contribution >= 4 is 67.9 Å². The Morgan fingerprint density at radius 1 is 1.30 bits per heavy atom. The van der Waals surface area contributed by atoms with Gasteiger partial charge in [-0.25, -0.2) is 0 Å². The molecule has 0 amide bonds. The van der Waals surface area contributed by atoms with Crippen LogP contribution in [-0.4, -0.2) is 67.8 Å². The minimum absolute atomic E-state index is 0. The zero-order chi connectivity index (χ0) is 6.78. The van der Waals surface area contributed by atoms with E-state index in [0.717, 1.165) is 0 Å². The van der Waals surface area contributed by atoms with Gasteiger partial charge in [0.25, 0.3) is 0 Å².